The molecule has 2 aromatic rings. The summed E-state index contributed by atoms with van der Waals surface area (Å²) < 4.78 is 11.2. The molecule has 1 amide bonds. The van der Waals surface area contributed by atoms with Crippen LogP contribution < -0.4 is 10.1 Å². The molecule has 31 heavy (non-hydrogen) atoms. The molecule has 0 aliphatic carbocycles. The average Bonchev–Trinajstić information content (AvgIpc) is 2.79. The number of aliphatic hydroxyl groups is 2. The van der Waals surface area contributed by atoms with Crippen LogP contribution in [-0.4, -0.2) is 60.1 Å². The zero-order chi connectivity index (χ0) is 22.2. The van der Waals surface area contributed by atoms with Gasteiger partial charge in [0.05, 0.1) is 17.7 Å². The molecule has 1 aliphatic rings. The molecule has 0 radical (unpaired) electrons. The number of amides is 1. The van der Waals surface area contributed by atoms with Gasteiger partial charge in [0.25, 0.3) is 0 Å². The monoisotopic (exact) mass is 448 g/mol. The molecule has 1 fully saturated rings. The van der Waals surface area contributed by atoms with Crippen LogP contribution in [0.5, 0.6) is 5.75 Å². The van der Waals surface area contributed by atoms with E-state index in [1.165, 1.54) is 0 Å². The minimum atomic E-state index is -1.16. The van der Waals surface area contributed by atoms with E-state index in [1.807, 2.05) is 30.3 Å². The molecule has 2 aromatic carbocycles. The average molecular weight is 449 g/mol. The number of nitrogens with one attached hydrogen (secondary N) is 1. The minimum Gasteiger partial charge on any atom is -0.489 e. The van der Waals surface area contributed by atoms with Crippen LogP contribution in [0.1, 0.15) is 30.1 Å². The van der Waals surface area contributed by atoms with Gasteiger partial charge in [-0.2, -0.15) is 0 Å². The van der Waals surface area contributed by atoms with E-state index in [9.17, 15) is 15.0 Å². The highest BCUT2D eigenvalue weighted by Gasteiger charge is 2.24. The van der Waals surface area contributed by atoms with E-state index in [4.69, 9.17) is 21.1 Å². The van der Waals surface area contributed by atoms with Gasteiger partial charge in [0.1, 0.15) is 24.6 Å². The molecule has 0 unspecified atom stereocenters. The van der Waals surface area contributed by atoms with Crippen molar-refractivity contribution in [3.05, 3.63) is 64.7 Å². The molecule has 7 nitrogen and oxygen atoms in total. The highest BCUT2D eigenvalue weighted by atomic mass is 35.5. The number of alkyl carbamates (subject to hydrolysis) is 1. The SMILES string of the molecule is CN1CCC(Oc2ccc([C@@H](O)[C@@H](CO)NC(=O)OCc3ccccc3)cc2Cl)CC1. The van der Waals surface area contributed by atoms with Crippen LogP contribution in [0.25, 0.3) is 0 Å². The number of halogens is 1. The molecule has 2 atom stereocenters. The highest BCUT2D eigenvalue weighted by Crippen LogP contribution is 2.31. The Hall–Kier alpha value is -2.32. The Morgan fingerprint density at radius 1 is 1.23 bits per heavy atom. The van der Waals surface area contributed by atoms with Gasteiger partial charge in [0.2, 0.25) is 0 Å². The fourth-order valence-electron chi connectivity index (χ4n) is 3.45. The summed E-state index contributed by atoms with van der Waals surface area (Å²) >= 11 is 6.37. The van der Waals surface area contributed by atoms with Gasteiger partial charge < -0.3 is 29.9 Å². The summed E-state index contributed by atoms with van der Waals surface area (Å²) in [5.41, 5.74) is 1.30. The summed E-state index contributed by atoms with van der Waals surface area (Å²) in [6.07, 6.45) is 0.0765. The van der Waals surface area contributed by atoms with Gasteiger partial charge in [-0.3, -0.25) is 0 Å². The molecular weight excluding hydrogens is 420 g/mol. The Morgan fingerprint density at radius 3 is 2.58 bits per heavy atom. The van der Waals surface area contributed by atoms with Gasteiger partial charge >= 0.3 is 6.09 Å². The lowest BCUT2D eigenvalue weighted by Gasteiger charge is -2.29. The maximum atomic E-state index is 12.1. The van der Waals surface area contributed by atoms with E-state index in [2.05, 4.69) is 17.3 Å². The summed E-state index contributed by atoms with van der Waals surface area (Å²) in [5, 5.41) is 23.2. The third kappa shape index (κ3) is 6.83. The lowest BCUT2D eigenvalue weighted by atomic mass is 10.0. The number of rotatable bonds is 8. The maximum absolute atomic E-state index is 12.1. The predicted molar refractivity (Wildman–Crippen MR) is 118 cm³/mol. The number of aliphatic hydroxyl groups excluding tert-OH is 2. The van der Waals surface area contributed by atoms with Crippen molar-refractivity contribution in [3.63, 3.8) is 0 Å². The van der Waals surface area contributed by atoms with Crippen molar-refractivity contribution in [1.29, 1.82) is 0 Å². The van der Waals surface area contributed by atoms with E-state index in [0.29, 0.717) is 16.3 Å². The number of benzene rings is 2. The van der Waals surface area contributed by atoms with Gasteiger partial charge in [-0.05, 0) is 43.1 Å². The molecular formula is C23H29ClN2O5. The lowest BCUT2D eigenvalue weighted by Crippen LogP contribution is -2.42. The van der Waals surface area contributed by atoms with Gasteiger partial charge in [-0.15, -0.1) is 0 Å². The Balaban J connectivity index is 1.56. The van der Waals surface area contributed by atoms with Crippen molar-refractivity contribution >= 4 is 17.7 Å². The number of hydrogen-bond acceptors (Lipinski definition) is 6. The number of carbonyl (C=O) groups is 1. The Morgan fingerprint density at radius 2 is 1.94 bits per heavy atom. The van der Waals surface area contributed by atoms with E-state index < -0.39 is 24.8 Å². The number of nitrogens with zero attached hydrogens (tertiary/aromatic N) is 1. The highest BCUT2D eigenvalue weighted by molar-refractivity contribution is 6.32. The first-order chi connectivity index (χ1) is 15.0. The van der Waals surface area contributed by atoms with Gasteiger partial charge in [-0.1, -0.05) is 48.0 Å². The summed E-state index contributed by atoms with van der Waals surface area (Å²) in [6.45, 7) is 1.58. The third-order valence-electron chi connectivity index (χ3n) is 5.35. The normalized spacial score (nSPS) is 17.0. The van der Waals surface area contributed by atoms with Gasteiger partial charge in [0, 0.05) is 13.1 Å². The van der Waals surface area contributed by atoms with Gasteiger partial charge in [0.15, 0.2) is 0 Å². The molecule has 168 valence electrons. The van der Waals surface area contributed by atoms with Crippen LogP contribution in [0.3, 0.4) is 0 Å². The molecule has 0 saturated carbocycles. The second kappa shape index (κ2) is 11.3. The summed E-state index contributed by atoms with van der Waals surface area (Å²) in [5.74, 6) is 0.558. The van der Waals surface area contributed by atoms with Crippen molar-refractivity contribution in [1.82, 2.24) is 10.2 Å². The van der Waals surface area contributed by atoms with E-state index in [-0.39, 0.29) is 12.7 Å². The largest absolute Gasteiger partial charge is 0.489 e. The molecule has 0 aromatic heterocycles. The van der Waals surface area contributed by atoms with Crippen LogP contribution in [0.15, 0.2) is 48.5 Å². The van der Waals surface area contributed by atoms with Crippen molar-refractivity contribution in [2.45, 2.75) is 37.7 Å². The Bertz CT molecular complexity index is 843. The van der Waals surface area contributed by atoms with Crippen LogP contribution in [0, 0.1) is 0 Å². The number of likely N-dealkylation sites (tertiary alicyclic amines) is 1. The van der Waals surface area contributed by atoms with Gasteiger partial charge in [-0.25, -0.2) is 4.79 Å². The molecule has 3 rings (SSSR count). The smallest absolute Gasteiger partial charge is 0.407 e. The number of ether oxygens (including phenoxy) is 2. The van der Waals surface area contributed by atoms with Crippen molar-refractivity contribution in [2.75, 3.05) is 26.7 Å². The van der Waals surface area contributed by atoms with Crippen LogP contribution in [-0.2, 0) is 11.3 Å². The molecule has 0 spiro atoms. The quantitative estimate of drug-likeness (QED) is 0.574. The Labute approximate surface area is 187 Å². The van der Waals surface area contributed by atoms with Crippen molar-refractivity contribution < 1.29 is 24.5 Å². The Kier molecular flexibility index (Phi) is 8.54. The molecule has 1 saturated heterocycles. The summed E-state index contributed by atoms with van der Waals surface area (Å²) in [6, 6.07) is 13.3. The first-order valence-electron chi connectivity index (χ1n) is 10.4. The van der Waals surface area contributed by atoms with Crippen LogP contribution in [0.4, 0.5) is 4.79 Å². The molecule has 3 N–H and O–H groups in total. The first-order valence-corrected chi connectivity index (χ1v) is 10.7. The third-order valence-corrected chi connectivity index (χ3v) is 5.65. The minimum absolute atomic E-state index is 0.0930. The molecule has 8 heteroatoms. The van der Waals surface area contributed by atoms with Crippen molar-refractivity contribution in [3.8, 4) is 5.75 Å². The van der Waals surface area contributed by atoms with Crippen LogP contribution in [0.2, 0.25) is 5.02 Å². The predicted octanol–water partition coefficient (Wildman–Crippen LogP) is 3.13. The second-order valence-corrected chi connectivity index (χ2v) is 8.16. The zero-order valence-corrected chi connectivity index (χ0v) is 18.3. The van der Waals surface area contributed by atoms with E-state index >= 15 is 0 Å². The van der Waals surface area contributed by atoms with Crippen molar-refractivity contribution in [2.24, 2.45) is 0 Å². The summed E-state index contributed by atoms with van der Waals surface area (Å²) in [4.78, 5) is 14.3. The molecule has 1 aliphatic heterocycles. The molecule has 0 bridgehead atoms. The van der Waals surface area contributed by atoms with E-state index in [0.717, 1.165) is 31.5 Å². The summed E-state index contributed by atoms with van der Waals surface area (Å²) in [7, 11) is 2.09. The number of hydrogen-bond donors (Lipinski definition) is 3. The zero-order valence-electron chi connectivity index (χ0n) is 17.5. The topological polar surface area (TPSA) is 91.3 Å². The second-order valence-electron chi connectivity index (χ2n) is 7.75. The standard InChI is InChI=1S/C23H29ClN2O5/c1-26-11-9-18(10-12-26)31-21-8-7-17(13-19(21)24)22(28)20(14-27)25-23(29)30-15-16-5-3-2-4-6-16/h2-8,13,18,20,22,27-28H,9-12,14-15H2,1H3,(H,25,29)/t20-,22-/m1/s1. The number of carbonyl (C=O) groups excluding carboxylic acids is 1. The fourth-order valence-corrected chi connectivity index (χ4v) is 3.69. The fraction of sp³-hybridized carbons (Fsp3) is 0.435. The van der Waals surface area contributed by atoms with Crippen LogP contribution >= 0.6 is 11.6 Å². The maximum Gasteiger partial charge on any atom is 0.407 e. The first kappa shape index (κ1) is 23.3. The number of piperidine rings is 1. The van der Waals surface area contributed by atoms with E-state index in [1.54, 1.807) is 18.2 Å². The molecule has 1 heterocycles. The lowest BCUT2D eigenvalue weighted by molar-refractivity contribution is 0.0762.